The van der Waals surface area contributed by atoms with E-state index in [0.717, 1.165) is 6.20 Å². The third-order valence-electron chi connectivity index (χ3n) is 3.31. The van der Waals surface area contributed by atoms with Crippen LogP contribution in [-0.2, 0) is 4.79 Å². The number of carbonyl (C=O) groups excluding carboxylic acids is 1. The van der Waals surface area contributed by atoms with Gasteiger partial charge in [-0.25, -0.2) is 0 Å². The van der Waals surface area contributed by atoms with Crippen molar-refractivity contribution in [3.63, 3.8) is 0 Å². The maximum Gasteiger partial charge on any atom is 0.309 e. The number of carbonyl (C=O) groups is 1. The maximum absolute atomic E-state index is 12.2. The molecule has 1 atom stereocenters. The first-order chi connectivity index (χ1) is 10.8. The van der Waals surface area contributed by atoms with Gasteiger partial charge in [0.2, 0.25) is 5.91 Å². The Balaban J connectivity index is 2.14. The van der Waals surface area contributed by atoms with Crippen molar-refractivity contribution in [3.05, 3.63) is 56.4 Å². The number of benzene rings is 1. The lowest BCUT2D eigenvalue weighted by atomic mass is 10.2. The summed E-state index contributed by atoms with van der Waals surface area (Å²) in [4.78, 5) is 32.5. The molecule has 0 aliphatic heterocycles. The van der Waals surface area contributed by atoms with Gasteiger partial charge in [-0.05, 0) is 26.0 Å². The molecule has 120 valence electrons. The second-order valence-corrected chi connectivity index (χ2v) is 4.79. The lowest BCUT2D eigenvalue weighted by molar-refractivity contribution is -0.385. The van der Waals surface area contributed by atoms with Crippen LogP contribution >= 0.6 is 0 Å². The predicted molar refractivity (Wildman–Crippen MR) is 80.1 cm³/mol. The number of hydrogen-bond acceptors (Lipinski definition) is 6. The van der Waals surface area contributed by atoms with Crippen LogP contribution in [0.3, 0.4) is 0 Å². The van der Waals surface area contributed by atoms with Crippen LogP contribution in [-0.4, -0.2) is 25.5 Å². The largest absolute Gasteiger partial charge is 0.324 e. The predicted octanol–water partition coefficient (Wildman–Crippen LogP) is 2.21. The molecule has 10 heteroatoms. The zero-order chi connectivity index (χ0) is 17.1. The van der Waals surface area contributed by atoms with Crippen LogP contribution in [0.4, 0.5) is 17.1 Å². The smallest absolute Gasteiger partial charge is 0.309 e. The van der Waals surface area contributed by atoms with Crippen molar-refractivity contribution in [1.29, 1.82) is 0 Å². The van der Waals surface area contributed by atoms with Crippen LogP contribution in [0.5, 0.6) is 0 Å². The van der Waals surface area contributed by atoms with Crippen LogP contribution in [0.25, 0.3) is 0 Å². The Morgan fingerprint density at radius 3 is 2.30 bits per heavy atom. The van der Waals surface area contributed by atoms with Crippen LogP contribution < -0.4 is 5.32 Å². The molecule has 23 heavy (non-hydrogen) atoms. The topological polar surface area (TPSA) is 133 Å². The summed E-state index contributed by atoms with van der Waals surface area (Å²) in [5.41, 5.74) is 0.391. The first kappa shape index (κ1) is 16.1. The average molecular weight is 319 g/mol. The van der Waals surface area contributed by atoms with Crippen LogP contribution in [0, 0.1) is 27.2 Å². The molecular weight excluding hydrogens is 306 g/mol. The highest BCUT2D eigenvalue weighted by Crippen LogP contribution is 2.21. The fourth-order valence-electron chi connectivity index (χ4n) is 2.01. The molecule has 1 amide bonds. The van der Waals surface area contributed by atoms with Crippen molar-refractivity contribution in [2.45, 2.75) is 19.9 Å². The number of nitro groups is 2. The number of nitrogens with zero attached hydrogens (tertiary/aromatic N) is 4. The molecule has 1 heterocycles. The Hall–Kier alpha value is -3.30. The highest BCUT2D eigenvalue weighted by molar-refractivity contribution is 5.93. The molecular formula is C13H13N5O5. The number of nitro benzene ring substituents is 1. The van der Waals surface area contributed by atoms with Gasteiger partial charge in [0, 0.05) is 17.8 Å². The van der Waals surface area contributed by atoms with Gasteiger partial charge in [0.25, 0.3) is 5.69 Å². The van der Waals surface area contributed by atoms with Crippen LogP contribution in [0.2, 0.25) is 0 Å². The Kier molecular flexibility index (Phi) is 4.35. The second kappa shape index (κ2) is 6.22. The molecule has 1 unspecified atom stereocenters. The molecule has 2 rings (SSSR count). The van der Waals surface area contributed by atoms with E-state index in [1.54, 1.807) is 6.92 Å². The molecule has 1 aromatic heterocycles. The molecule has 1 aromatic carbocycles. The fraction of sp³-hybridized carbons (Fsp3) is 0.231. The minimum atomic E-state index is -0.779. The first-order valence-corrected chi connectivity index (χ1v) is 6.55. The molecule has 0 radical (unpaired) electrons. The molecule has 2 aromatic rings. The second-order valence-electron chi connectivity index (χ2n) is 4.79. The number of nitrogens with one attached hydrogen (secondary N) is 1. The average Bonchev–Trinajstić information content (AvgIpc) is 2.88. The summed E-state index contributed by atoms with van der Waals surface area (Å²) in [5.74, 6) is -0.444. The van der Waals surface area contributed by atoms with Gasteiger partial charge in [-0.1, -0.05) is 0 Å². The summed E-state index contributed by atoms with van der Waals surface area (Å²) in [6, 6.07) is 4.57. The summed E-state index contributed by atoms with van der Waals surface area (Å²) in [5, 5.41) is 27.8. The van der Waals surface area contributed by atoms with Crippen LogP contribution in [0.1, 0.15) is 18.7 Å². The van der Waals surface area contributed by atoms with E-state index in [9.17, 15) is 25.0 Å². The van der Waals surface area contributed by atoms with Gasteiger partial charge < -0.3 is 5.32 Å². The zero-order valence-electron chi connectivity index (χ0n) is 12.3. The number of rotatable bonds is 5. The minimum absolute atomic E-state index is 0.0883. The number of hydrogen-bond donors (Lipinski definition) is 1. The van der Waals surface area contributed by atoms with Crippen molar-refractivity contribution in [3.8, 4) is 0 Å². The van der Waals surface area contributed by atoms with Gasteiger partial charge in [-0.2, -0.15) is 5.10 Å². The van der Waals surface area contributed by atoms with Crippen LogP contribution in [0.15, 0.2) is 30.5 Å². The summed E-state index contributed by atoms with van der Waals surface area (Å²) in [6.45, 7) is 3.05. The molecule has 1 N–H and O–H groups in total. The Morgan fingerprint density at radius 1 is 1.22 bits per heavy atom. The van der Waals surface area contributed by atoms with Crippen molar-refractivity contribution in [2.75, 3.05) is 5.32 Å². The normalized spacial score (nSPS) is 11.7. The molecule has 0 aliphatic carbocycles. The van der Waals surface area contributed by atoms with Gasteiger partial charge in [0.05, 0.1) is 9.85 Å². The van der Waals surface area contributed by atoms with Crippen molar-refractivity contribution >= 4 is 23.0 Å². The van der Waals surface area contributed by atoms with E-state index in [-0.39, 0.29) is 17.1 Å². The van der Waals surface area contributed by atoms with Gasteiger partial charge >= 0.3 is 5.69 Å². The third kappa shape index (κ3) is 3.31. The van der Waals surface area contributed by atoms with Gasteiger partial charge in [-0.3, -0.25) is 29.7 Å². The quantitative estimate of drug-likeness (QED) is 0.663. The van der Waals surface area contributed by atoms with E-state index in [0.29, 0.717) is 5.69 Å². The highest BCUT2D eigenvalue weighted by atomic mass is 16.6. The number of aromatic nitrogens is 2. The first-order valence-electron chi connectivity index (χ1n) is 6.55. The Bertz CT molecular complexity index is 768. The Labute approximate surface area is 130 Å². The zero-order valence-corrected chi connectivity index (χ0v) is 12.3. The van der Waals surface area contributed by atoms with E-state index in [1.165, 1.54) is 35.9 Å². The van der Waals surface area contributed by atoms with E-state index in [4.69, 9.17) is 0 Å². The molecule has 0 fully saturated rings. The van der Waals surface area contributed by atoms with Gasteiger partial charge in [0.15, 0.2) is 0 Å². The number of non-ortho nitro benzene ring substituents is 1. The molecule has 0 saturated carbocycles. The van der Waals surface area contributed by atoms with Crippen molar-refractivity contribution in [2.24, 2.45) is 0 Å². The van der Waals surface area contributed by atoms with E-state index >= 15 is 0 Å². The lowest BCUT2D eigenvalue weighted by Crippen LogP contribution is -2.25. The molecule has 0 bridgehead atoms. The summed E-state index contributed by atoms with van der Waals surface area (Å²) in [7, 11) is 0. The SMILES string of the molecule is Cc1c([N+](=O)[O-])cnn1C(C)C(=O)Nc1ccc([N+](=O)[O-])cc1. The molecule has 10 nitrogen and oxygen atoms in total. The van der Waals surface area contributed by atoms with E-state index in [1.807, 2.05) is 0 Å². The molecule has 0 spiro atoms. The van der Waals surface area contributed by atoms with Crippen molar-refractivity contribution < 1.29 is 14.6 Å². The molecule has 0 aliphatic rings. The fourth-order valence-corrected chi connectivity index (χ4v) is 2.01. The van der Waals surface area contributed by atoms with Gasteiger partial charge in [0.1, 0.15) is 17.9 Å². The lowest BCUT2D eigenvalue weighted by Gasteiger charge is -2.13. The van der Waals surface area contributed by atoms with Gasteiger partial charge in [-0.15, -0.1) is 0 Å². The summed E-state index contributed by atoms with van der Waals surface area (Å²) >= 11 is 0. The molecule has 0 saturated heterocycles. The Morgan fingerprint density at radius 2 is 1.83 bits per heavy atom. The maximum atomic E-state index is 12.2. The number of amides is 1. The van der Waals surface area contributed by atoms with E-state index < -0.39 is 21.8 Å². The number of anilines is 1. The standard InChI is InChI=1S/C13H13N5O5/c1-8-12(18(22)23)7-14-16(8)9(2)13(19)15-10-3-5-11(6-4-10)17(20)21/h3-7,9H,1-2H3,(H,15,19). The summed E-state index contributed by atoms with van der Waals surface area (Å²) < 4.78 is 1.25. The van der Waals surface area contributed by atoms with E-state index in [2.05, 4.69) is 10.4 Å². The summed E-state index contributed by atoms with van der Waals surface area (Å²) in [6.07, 6.45) is 1.09. The third-order valence-corrected chi connectivity index (χ3v) is 3.31. The monoisotopic (exact) mass is 319 g/mol. The minimum Gasteiger partial charge on any atom is -0.324 e. The highest BCUT2D eigenvalue weighted by Gasteiger charge is 2.23. The van der Waals surface area contributed by atoms with Crippen molar-refractivity contribution in [1.82, 2.24) is 9.78 Å².